The molecule has 1 aliphatic heterocycles. The number of hydrogen-bond acceptors (Lipinski definition) is 5. The normalized spacial score (nSPS) is 23.6. The summed E-state index contributed by atoms with van der Waals surface area (Å²) >= 11 is 0. The molecule has 2 aliphatic carbocycles. The van der Waals surface area contributed by atoms with Crippen molar-refractivity contribution < 1.29 is 14.3 Å². The van der Waals surface area contributed by atoms with Crippen molar-refractivity contribution >= 4 is 17.9 Å². The monoisotopic (exact) mass is 367 g/mol. The van der Waals surface area contributed by atoms with Crippen LogP contribution in [0.5, 0.6) is 0 Å². The average molecular weight is 367 g/mol. The van der Waals surface area contributed by atoms with E-state index in [0.717, 1.165) is 18.6 Å². The Morgan fingerprint density at radius 3 is 2.78 bits per heavy atom. The molecule has 0 radical (unpaired) electrons. The maximum Gasteiger partial charge on any atom is 0.254 e. The fraction of sp³-hybridized carbons (Fsp3) is 0.524. The molecule has 2 heterocycles. The lowest BCUT2D eigenvalue weighted by Gasteiger charge is -2.31. The Labute approximate surface area is 159 Å². The fourth-order valence-corrected chi connectivity index (χ4v) is 4.23. The van der Waals surface area contributed by atoms with Gasteiger partial charge in [0, 0.05) is 49.0 Å². The summed E-state index contributed by atoms with van der Waals surface area (Å²) in [4.78, 5) is 30.7. The summed E-state index contributed by atoms with van der Waals surface area (Å²) in [5.41, 5.74) is 2.82. The predicted molar refractivity (Wildman–Crippen MR) is 101 cm³/mol. The predicted octanol–water partition coefficient (Wildman–Crippen LogP) is 3.37. The Kier molecular flexibility index (Phi) is 4.36. The molecule has 0 bridgehead atoms. The lowest BCUT2D eigenvalue weighted by Crippen LogP contribution is -2.41. The van der Waals surface area contributed by atoms with Crippen molar-refractivity contribution in [3.05, 3.63) is 40.4 Å². The third-order valence-electron chi connectivity index (χ3n) is 6.24. The first-order valence-electron chi connectivity index (χ1n) is 9.61. The topological polar surface area (TPSA) is 83.3 Å². The number of ketones is 1. The molecule has 27 heavy (non-hydrogen) atoms. The van der Waals surface area contributed by atoms with Crippen LogP contribution in [-0.4, -0.2) is 39.9 Å². The molecule has 0 saturated heterocycles. The van der Waals surface area contributed by atoms with Gasteiger partial charge in [-0.05, 0) is 44.7 Å². The number of hydrogen-bond donors (Lipinski definition) is 1. The molecule has 1 aromatic heterocycles. The summed E-state index contributed by atoms with van der Waals surface area (Å²) < 4.78 is 6.08. The van der Waals surface area contributed by atoms with E-state index in [1.165, 1.54) is 31.3 Å². The smallest absolute Gasteiger partial charge is 0.254 e. The highest BCUT2D eigenvalue weighted by Crippen LogP contribution is 2.49. The van der Waals surface area contributed by atoms with Gasteiger partial charge in [0.25, 0.3) is 5.91 Å². The van der Waals surface area contributed by atoms with E-state index < -0.39 is 0 Å². The molecule has 1 fully saturated rings. The Bertz CT molecular complexity index is 856. The summed E-state index contributed by atoms with van der Waals surface area (Å²) in [7, 11) is 0. The first-order valence-corrected chi connectivity index (χ1v) is 9.61. The second kappa shape index (κ2) is 6.59. The lowest BCUT2D eigenvalue weighted by molar-refractivity contribution is 0.0481. The quantitative estimate of drug-likeness (QED) is 0.592. The van der Waals surface area contributed by atoms with E-state index in [0.29, 0.717) is 29.5 Å². The van der Waals surface area contributed by atoms with Crippen molar-refractivity contribution in [2.24, 2.45) is 11.8 Å². The molecule has 142 valence electrons. The van der Waals surface area contributed by atoms with Crippen LogP contribution < -0.4 is 0 Å². The minimum atomic E-state index is -0.162. The highest BCUT2D eigenvalue weighted by atomic mass is 16.5. The summed E-state index contributed by atoms with van der Waals surface area (Å²) in [6, 6.07) is 1.52. The van der Waals surface area contributed by atoms with Gasteiger partial charge < -0.3 is 15.0 Å². The van der Waals surface area contributed by atoms with Crippen LogP contribution in [0.3, 0.4) is 0 Å². The largest absolute Gasteiger partial charge is 0.494 e. The van der Waals surface area contributed by atoms with E-state index in [-0.39, 0.29) is 29.6 Å². The van der Waals surface area contributed by atoms with Crippen LogP contribution in [0, 0.1) is 17.2 Å². The zero-order valence-corrected chi connectivity index (χ0v) is 16.0. The third kappa shape index (κ3) is 2.87. The molecular weight excluding hydrogens is 342 g/mol. The van der Waals surface area contributed by atoms with Gasteiger partial charge in [-0.15, -0.1) is 0 Å². The summed E-state index contributed by atoms with van der Waals surface area (Å²) in [6.45, 7) is 5.88. The highest BCUT2D eigenvalue weighted by Gasteiger charge is 2.47. The van der Waals surface area contributed by atoms with Gasteiger partial charge >= 0.3 is 0 Å². The third-order valence-corrected chi connectivity index (χ3v) is 6.24. The number of carbonyl (C=O) groups excluding carboxylic acids is 2. The Morgan fingerprint density at radius 1 is 1.44 bits per heavy atom. The molecule has 1 N–H and O–H groups in total. The second-order valence-corrected chi connectivity index (χ2v) is 7.86. The van der Waals surface area contributed by atoms with Crippen molar-refractivity contribution in [3.63, 3.8) is 0 Å². The number of aromatic nitrogens is 1. The number of amides is 1. The van der Waals surface area contributed by atoms with Crippen molar-refractivity contribution in [1.82, 2.24) is 9.88 Å². The van der Waals surface area contributed by atoms with Crippen LogP contribution in [0.15, 0.2) is 23.6 Å². The van der Waals surface area contributed by atoms with Gasteiger partial charge in [-0.25, -0.2) is 0 Å². The highest BCUT2D eigenvalue weighted by molar-refractivity contribution is 6.03. The van der Waals surface area contributed by atoms with Gasteiger partial charge in [0.2, 0.25) is 0 Å². The first kappa shape index (κ1) is 17.9. The van der Waals surface area contributed by atoms with Crippen molar-refractivity contribution in [2.45, 2.75) is 58.7 Å². The molecule has 1 saturated carbocycles. The van der Waals surface area contributed by atoms with Gasteiger partial charge in [-0.3, -0.25) is 14.6 Å². The molecule has 6 nitrogen and oxygen atoms in total. The van der Waals surface area contributed by atoms with Crippen LogP contribution in [0.1, 0.15) is 66.4 Å². The van der Waals surface area contributed by atoms with Gasteiger partial charge in [0.1, 0.15) is 11.5 Å². The molecule has 6 heteroatoms. The summed E-state index contributed by atoms with van der Waals surface area (Å²) in [5.74, 6) is 0.782. The van der Waals surface area contributed by atoms with Gasteiger partial charge in [0.15, 0.2) is 5.78 Å². The van der Waals surface area contributed by atoms with Crippen molar-refractivity contribution in [1.29, 1.82) is 5.41 Å². The number of fused-ring (bicyclic) bond motifs is 1. The molecule has 1 amide bonds. The number of Topliss-reactive ketones (excluding diaryl/α,β-unsaturated/α-hetero) is 1. The number of allylic oxidation sites excluding steroid dienone is 2. The zero-order chi connectivity index (χ0) is 19.3. The molecule has 1 aromatic rings. The van der Waals surface area contributed by atoms with E-state index in [1.807, 2.05) is 6.92 Å². The van der Waals surface area contributed by atoms with Gasteiger partial charge in [-0.1, -0.05) is 0 Å². The number of carbonyl (C=O) groups is 2. The number of nitrogens with zero attached hydrogens (tertiary/aromatic N) is 2. The van der Waals surface area contributed by atoms with Crippen LogP contribution in [0.4, 0.5) is 0 Å². The molecule has 3 aliphatic rings. The van der Waals surface area contributed by atoms with E-state index in [9.17, 15) is 9.59 Å². The number of ether oxygens (including phenoxy) is 1. The van der Waals surface area contributed by atoms with E-state index >= 15 is 0 Å². The lowest BCUT2D eigenvalue weighted by atomic mass is 9.92. The standard InChI is InChI=1S/C21H25N3O3/c1-11-18(20(11)27-14-5-4-6-14)16(9-22)12(2)24-10-17-15(21(24)26)7-8-23-19(17)13(3)25/h7-9,12,14,16,18,22H,4-6,10H2,1-3H3/t12?,16?,18-/m0/s1. The maximum absolute atomic E-state index is 12.9. The first-order chi connectivity index (χ1) is 12.9. The van der Waals surface area contributed by atoms with Crippen molar-refractivity contribution in [2.75, 3.05) is 0 Å². The summed E-state index contributed by atoms with van der Waals surface area (Å²) in [6.07, 6.45) is 6.72. The number of rotatable bonds is 7. The molecule has 4 rings (SSSR count). The minimum absolute atomic E-state index is 0.0889. The van der Waals surface area contributed by atoms with Gasteiger partial charge in [0.05, 0.1) is 12.0 Å². The Morgan fingerprint density at radius 2 is 2.19 bits per heavy atom. The van der Waals surface area contributed by atoms with E-state index in [4.69, 9.17) is 10.1 Å². The van der Waals surface area contributed by atoms with Crippen LogP contribution in [0.25, 0.3) is 0 Å². The molecular formula is C21H25N3O3. The average Bonchev–Trinajstić information content (AvgIpc) is 3.09. The fourth-order valence-electron chi connectivity index (χ4n) is 4.23. The van der Waals surface area contributed by atoms with Crippen LogP contribution >= 0.6 is 0 Å². The molecule has 2 unspecified atom stereocenters. The molecule has 0 spiro atoms. The SMILES string of the molecule is CC(=O)c1nccc2c1CN(C(C)C(C=N)[C@@H]1C(C)=C1OC1CCC1)C2=O. The second-order valence-electron chi connectivity index (χ2n) is 7.86. The van der Waals surface area contributed by atoms with Crippen LogP contribution in [0.2, 0.25) is 0 Å². The zero-order valence-electron chi connectivity index (χ0n) is 16.0. The molecule has 0 aromatic carbocycles. The number of pyridine rings is 1. The minimum Gasteiger partial charge on any atom is -0.494 e. The van der Waals surface area contributed by atoms with Crippen LogP contribution in [-0.2, 0) is 11.3 Å². The number of nitrogens with one attached hydrogen (secondary N) is 1. The van der Waals surface area contributed by atoms with E-state index in [1.54, 1.807) is 11.0 Å². The summed E-state index contributed by atoms with van der Waals surface area (Å²) in [5, 5.41) is 7.97. The van der Waals surface area contributed by atoms with Gasteiger partial charge in [-0.2, -0.15) is 0 Å². The molecule has 3 atom stereocenters. The van der Waals surface area contributed by atoms with Crippen molar-refractivity contribution in [3.8, 4) is 0 Å². The Balaban J connectivity index is 1.51. The maximum atomic E-state index is 12.9. The Hall–Kier alpha value is -2.50. The van der Waals surface area contributed by atoms with E-state index in [2.05, 4.69) is 11.9 Å².